The van der Waals surface area contributed by atoms with E-state index in [1.807, 2.05) is 0 Å². The molecule has 0 spiro atoms. The van der Waals surface area contributed by atoms with Crippen molar-refractivity contribution in [2.24, 2.45) is 0 Å². The van der Waals surface area contributed by atoms with Crippen LogP contribution < -0.4 is 4.90 Å². The van der Waals surface area contributed by atoms with Gasteiger partial charge in [0.25, 0.3) is 5.91 Å². The Balaban J connectivity index is 1.51. The highest BCUT2D eigenvalue weighted by molar-refractivity contribution is 9.11. The van der Waals surface area contributed by atoms with Crippen molar-refractivity contribution in [3.63, 3.8) is 0 Å². The number of nitrogens with zero attached hydrogens (tertiary/aromatic N) is 2. The van der Waals surface area contributed by atoms with Crippen molar-refractivity contribution >= 4 is 44.8 Å². The normalized spacial score (nSPS) is 14.9. The second-order valence-corrected chi connectivity index (χ2v) is 8.56. The Hall–Kier alpha value is -2.07. The zero-order chi connectivity index (χ0) is 20.3. The standard InChI is InChI=1S/C18H16BrF3N2O3S/c19-15-5-4-14(28-15)17(26)27-11-16(25)24-8-6-23(7-9-24)13-3-1-2-12(10-13)18(20,21)22/h1-5,10H,6-9,11H2. The monoisotopic (exact) mass is 476 g/mol. The van der Waals surface area contributed by atoms with Crippen LogP contribution in [0.3, 0.4) is 0 Å². The largest absolute Gasteiger partial charge is 0.451 e. The third-order valence-electron chi connectivity index (χ3n) is 4.27. The van der Waals surface area contributed by atoms with Gasteiger partial charge < -0.3 is 14.5 Å². The van der Waals surface area contributed by atoms with Crippen molar-refractivity contribution in [3.8, 4) is 0 Å². The number of ether oxygens (including phenoxy) is 1. The molecule has 0 saturated carbocycles. The Bertz CT molecular complexity index is 864. The smallest absolute Gasteiger partial charge is 0.416 e. The lowest BCUT2D eigenvalue weighted by Crippen LogP contribution is -2.50. The molecule has 0 radical (unpaired) electrons. The number of rotatable bonds is 4. The molecular weight excluding hydrogens is 461 g/mol. The summed E-state index contributed by atoms with van der Waals surface area (Å²) in [5.74, 6) is -0.890. The molecule has 150 valence electrons. The number of hydrogen-bond acceptors (Lipinski definition) is 5. The molecule has 1 aliphatic rings. The van der Waals surface area contributed by atoms with E-state index in [1.54, 1.807) is 28.0 Å². The topological polar surface area (TPSA) is 49.9 Å². The van der Waals surface area contributed by atoms with E-state index in [4.69, 9.17) is 4.74 Å². The molecule has 1 amide bonds. The SMILES string of the molecule is O=C(OCC(=O)N1CCN(c2cccc(C(F)(F)F)c2)CC1)c1ccc(Br)s1. The minimum Gasteiger partial charge on any atom is -0.451 e. The van der Waals surface area contributed by atoms with Crippen molar-refractivity contribution in [1.29, 1.82) is 0 Å². The van der Waals surface area contributed by atoms with E-state index < -0.39 is 17.7 Å². The average Bonchev–Trinajstić information content (AvgIpc) is 3.12. The molecule has 1 aliphatic heterocycles. The summed E-state index contributed by atoms with van der Waals surface area (Å²) in [6.07, 6.45) is -4.39. The highest BCUT2D eigenvalue weighted by Crippen LogP contribution is 2.31. The summed E-state index contributed by atoms with van der Waals surface area (Å²) < 4.78 is 44.4. The molecule has 0 bridgehead atoms. The summed E-state index contributed by atoms with van der Waals surface area (Å²) in [6.45, 7) is 1.13. The minimum atomic E-state index is -4.39. The van der Waals surface area contributed by atoms with Crippen LogP contribution in [0.5, 0.6) is 0 Å². The zero-order valence-electron chi connectivity index (χ0n) is 14.5. The lowest BCUT2D eigenvalue weighted by molar-refractivity contribution is -0.137. The van der Waals surface area contributed by atoms with Gasteiger partial charge in [0.2, 0.25) is 0 Å². The van der Waals surface area contributed by atoms with Crippen LogP contribution in [0.1, 0.15) is 15.2 Å². The summed E-state index contributed by atoms with van der Waals surface area (Å²) in [7, 11) is 0. The lowest BCUT2D eigenvalue weighted by Gasteiger charge is -2.36. The minimum absolute atomic E-state index is 0.326. The Kier molecular flexibility index (Phi) is 6.29. The van der Waals surface area contributed by atoms with E-state index in [0.717, 1.165) is 15.9 Å². The summed E-state index contributed by atoms with van der Waals surface area (Å²) >= 11 is 4.47. The van der Waals surface area contributed by atoms with Crippen LogP contribution in [0.4, 0.5) is 18.9 Å². The second-order valence-electron chi connectivity index (χ2n) is 6.10. The van der Waals surface area contributed by atoms with Crippen molar-refractivity contribution < 1.29 is 27.5 Å². The van der Waals surface area contributed by atoms with E-state index in [0.29, 0.717) is 36.7 Å². The molecule has 1 aromatic heterocycles. The number of hydrogen-bond donors (Lipinski definition) is 0. The predicted molar refractivity (Wildman–Crippen MR) is 103 cm³/mol. The van der Waals surface area contributed by atoms with Crippen LogP contribution in [0.25, 0.3) is 0 Å². The number of halogens is 4. The van der Waals surface area contributed by atoms with Gasteiger partial charge in [0.05, 0.1) is 9.35 Å². The van der Waals surface area contributed by atoms with Gasteiger partial charge in [0, 0.05) is 31.9 Å². The van der Waals surface area contributed by atoms with E-state index >= 15 is 0 Å². The number of esters is 1. The fraction of sp³-hybridized carbons (Fsp3) is 0.333. The van der Waals surface area contributed by atoms with Crippen molar-refractivity contribution in [2.45, 2.75) is 6.18 Å². The first-order valence-corrected chi connectivity index (χ1v) is 9.97. The molecule has 0 atom stereocenters. The number of carbonyl (C=O) groups excluding carboxylic acids is 2. The van der Waals surface area contributed by atoms with Crippen LogP contribution >= 0.6 is 27.3 Å². The van der Waals surface area contributed by atoms with Crippen molar-refractivity contribution in [1.82, 2.24) is 4.90 Å². The van der Waals surface area contributed by atoms with Gasteiger partial charge in [-0.05, 0) is 46.3 Å². The quantitative estimate of drug-likeness (QED) is 0.625. The van der Waals surface area contributed by atoms with Crippen LogP contribution in [0.2, 0.25) is 0 Å². The summed E-state index contributed by atoms with van der Waals surface area (Å²) in [4.78, 5) is 27.9. The molecule has 28 heavy (non-hydrogen) atoms. The third kappa shape index (κ3) is 5.05. The maximum absolute atomic E-state index is 12.9. The molecule has 0 unspecified atom stereocenters. The summed E-state index contributed by atoms with van der Waals surface area (Å²) in [5, 5.41) is 0. The number of alkyl halides is 3. The van der Waals surface area contributed by atoms with E-state index in [2.05, 4.69) is 15.9 Å². The molecule has 5 nitrogen and oxygen atoms in total. The van der Waals surface area contributed by atoms with E-state index in [-0.39, 0.29) is 12.5 Å². The van der Waals surface area contributed by atoms with Crippen LogP contribution in [0, 0.1) is 0 Å². The second kappa shape index (κ2) is 8.52. The van der Waals surface area contributed by atoms with Gasteiger partial charge in [-0.15, -0.1) is 11.3 Å². The molecule has 0 aliphatic carbocycles. The van der Waals surface area contributed by atoms with E-state index in [1.165, 1.54) is 17.4 Å². The van der Waals surface area contributed by atoms with Crippen LogP contribution in [-0.4, -0.2) is 49.6 Å². The van der Waals surface area contributed by atoms with Gasteiger partial charge in [0.15, 0.2) is 6.61 Å². The zero-order valence-corrected chi connectivity index (χ0v) is 16.9. The van der Waals surface area contributed by atoms with Gasteiger partial charge in [-0.2, -0.15) is 13.2 Å². The molecule has 0 N–H and O–H groups in total. The van der Waals surface area contributed by atoms with Crippen LogP contribution in [0.15, 0.2) is 40.2 Å². The number of anilines is 1. The number of thiophene rings is 1. The molecular formula is C18H16BrF3N2O3S. The first-order chi connectivity index (χ1) is 13.2. The maximum Gasteiger partial charge on any atom is 0.416 e. The fourth-order valence-electron chi connectivity index (χ4n) is 2.81. The number of carbonyl (C=O) groups is 2. The van der Waals surface area contributed by atoms with Crippen LogP contribution in [-0.2, 0) is 15.7 Å². The summed E-state index contributed by atoms with van der Waals surface area (Å²) in [5.41, 5.74) is -0.229. The predicted octanol–water partition coefficient (Wildman–Crippen LogP) is 4.04. The van der Waals surface area contributed by atoms with Gasteiger partial charge in [0.1, 0.15) is 4.88 Å². The molecule has 2 aromatic rings. The van der Waals surface area contributed by atoms with Gasteiger partial charge in [-0.3, -0.25) is 4.79 Å². The fourth-order valence-corrected chi connectivity index (χ4v) is 4.09. The molecule has 10 heteroatoms. The Morgan fingerprint density at radius 2 is 1.82 bits per heavy atom. The first-order valence-electron chi connectivity index (χ1n) is 8.36. The van der Waals surface area contributed by atoms with E-state index in [9.17, 15) is 22.8 Å². The first kappa shape index (κ1) is 20.7. The summed E-state index contributed by atoms with van der Waals surface area (Å²) in [6, 6.07) is 8.46. The molecule has 2 heterocycles. The number of amides is 1. The van der Waals surface area contributed by atoms with Gasteiger partial charge in [-0.25, -0.2) is 4.79 Å². The Morgan fingerprint density at radius 3 is 2.43 bits per heavy atom. The average molecular weight is 477 g/mol. The molecule has 1 aromatic carbocycles. The highest BCUT2D eigenvalue weighted by atomic mass is 79.9. The molecule has 1 fully saturated rings. The third-order valence-corrected chi connectivity index (χ3v) is 5.88. The Labute approximate surface area is 171 Å². The molecule has 1 saturated heterocycles. The number of benzene rings is 1. The van der Waals surface area contributed by atoms with Crippen molar-refractivity contribution in [3.05, 3.63) is 50.6 Å². The lowest BCUT2D eigenvalue weighted by atomic mass is 10.1. The van der Waals surface area contributed by atoms with Gasteiger partial charge >= 0.3 is 12.1 Å². The van der Waals surface area contributed by atoms with Crippen molar-refractivity contribution in [2.75, 3.05) is 37.7 Å². The Morgan fingerprint density at radius 1 is 1.11 bits per heavy atom. The number of piperazine rings is 1. The molecule has 3 rings (SSSR count). The maximum atomic E-state index is 12.9. The van der Waals surface area contributed by atoms with Gasteiger partial charge in [-0.1, -0.05) is 6.07 Å². The highest BCUT2D eigenvalue weighted by Gasteiger charge is 2.31.